The van der Waals surface area contributed by atoms with Gasteiger partial charge in [-0.3, -0.25) is 4.40 Å². The Bertz CT molecular complexity index is 753. The molecule has 3 rings (SSSR count). The minimum Gasteiger partial charge on any atom is -0.486 e. The van der Waals surface area contributed by atoms with Gasteiger partial charge in [-0.15, -0.1) is 10.2 Å². The Labute approximate surface area is 114 Å². The number of para-hydroxylation sites is 1. The van der Waals surface area contributed by atoms with E-state index in [2.05, 4.69) is 10.2 Å². The van der Waals surface area contributed by atoms with Gasteiger partial charge in [-0.25, -0.2) is 4.79 Å². The number of rotatable bonds is 4. The number of carbonyl (C=O) groups is 1. The molecule has 2 heterocycles. The lowest BCUT2D eigenvalue weighted by atomic mass is 10.3. The van der Waals surface area contributed by atoms with Crippen LogP contribution in [0.1, 0.15) is 16.2 Å². The number of aromatic carboxylic acids is 1. The van der Waals surface area contributed by atoms with E-state index in [0.29, 0.717) is 11.5 Å². The van der Waals surface area contributed by atoms with E-state index in [-0.39, 0.29) is 12.2 Å². The van der Waals surface area contributed by atoms with Crippen LogP contribution in [-0.4, -0.2) is 25.7 Å². The highest BCUT2D eigenvalue weighted by atomic mass is 16.5. The number of fused-ring (bicyclic) bond motifs is 1. The molecular formula is C14H11N3O3. The predicted octanol–water partition coefficient (Wildman–Crippen LogP) is 2.01. The van der Waals surface area contributed by atoms with Crippen molar-refractivity contribution in [1.29, 1.82) is 0 Å². The predicted molar refractivity (Wildman–Crippen MR) is 70.7 cm³/mol. The van der Waals surface area contributed by atoms with Crippen LogP contribution < -0.4 is 4.74 Å². The van der Waals surface area contributed by atoms with Crippen molar-refractivity contribution in [2.45, 2.75) is 6.61 Å². The normalized spacial score (nSPS) is 10.6. The zero-order valence-electron chi connectivity index (χ0n) is 10.4. The summed E-state index contributed by atoms with van der Waals surface area (Å²) in [7, 11) is 0. The molecule has 0 unspecified atom stereocenters. The molecule has 0 saturated carbocycles. The summed E-state index contributed by atoms with van der Waals surface area (Å²) in [6.07, 6.45) is 1.49. The van der Waals surface area contributed by atoms with E-state index in [1.165, 1.54) is 12.3 Å². The molecule has 0 amide bonds. The number of carboxylic acid groups (broad SMARTS) is 1. The Kier molecular flexibility index (Phi) is 3.04. The zero-order chi connectivity index (χ0) is 13.9. The molecule has 20 heavy (non-hydrogen) atoms. The fourth-order valence-corrected chi connectivity index (χ4v) is 1.83. The monoisotopic (exact) mass is 269 g/mol. The van der Waals surface area contributed by atoms with Crippen molar-refractivity contribution in [3.8, 4) is 5.75 Å². The Morgan fingerprint density at radius 3 is 2.70 bits per heavy atom. The molecule has 6 heteroatoms. The summed E-state index contributed by atoms with van der Waals surface area (Å²) in [5, 5.41) is 17.0. The molecular weight excluding hydrogens is 258 g/mol. The maximum atomic E-state index is 11.0. The second-order valence-corrected chi connectivity index (χ2v) is 4.17. The van der Waals surface area contributed by atoms with Crippen LogP contribution in [0.2, 0.25) is 0 Å². The molecule has 0 aliphatic carbocycles. The quantitative estimate of drug-likeness (QED) is 0.784. The minimum absolute atomic E-state index is 0.179. The first-order chi connectivity index (χ1) is 9.74. The SMILES string of the molecule is O=C(O)c1ccc2nnc(COc3ccccc3)n2c1. The molecule has 0 aliphatic rings. The van der Waals surface area contributed by atoms with Crippen LogP contribution in [0.25, 0.3) is 5.65 Å². The fraction of sp³-hybridized carbons (Fsp3) is 0.0714. The van der Waals surface area contributed by atoms with E-state index in [0.717, 1.165) is 5.75 Å². The molecule has 6 nitrogen and oxygen atoms in total. The van der Waals surface area contributed by atoms with Crippen LogP contribution in [0.4, 0.5) is 0 Å². The molecule has 0 saturated heterocycles. The maximum Gasteiger partial charge on any atom is 0.337 e. The van der Waals surface area contributed by atoms with Crippen LogP contribution in [0.5, 0.6) is 5.75 Å². The molecule has 2 aromatic heterocycles. The topological polar surface area (TPSA) is 76.7 Å². The molecule has 0 radical (unpaired) electrons. The maximum absolute atomic E-state index is 11.0. The molecule has 0 bridgehead atoms. The van der Waals surface area contributed by atoms with Crippen molar-refractivity contribution in [3.63, 3.8) is 0 Å². The van der Waals surface area contributed by atoms with Gasteiger partial charge in [-0.2, -0.15) is 0 Å². The summed E-state index contributed by atoms with van der Waals surface area (Å²) in [6.45, 7) is 0.217. The smallest absolute Gasteiger partial charge is 0.337 e. The van der Waals surface area contributed by atoms with Gasteiger partial charge in [0.1, 0.15) is 12.4 Å². The van der Waals surface area contributed by atoms with Gasteiger partial charge in [-0.1, -0.05) is 18.2 Å². The molecule has 100 valence electrons. The number of aromatic nitrogens is 3. The van der Waals surface area contributed by atoms with Crippen molar-refractivity contribution >= 4 is 11.6 Å². The van der Waals surface area contributed by atoms with Crippen LogP contribution >= 0.6 is 0 Å². The van der Waals surface area contributed by atoms with E-state index in [1.54, 1.807) is 10.5 Å². The average Bonchev–Trinajstić information content (AvgIpc) is 2.88. The highest BCUT2D eigenvalue weighted by Gasteiger charge is 2.09. The van der Waals surface area contributed by atoms with Gasteiger partial charge in [0, 0.05) is 6.20 Å². The Morgan fingerprint density at radius 2 is 1.95 bits per heavy atom. The number of hydrogen-bond acceptors (Lipinski definition) is 4. The number of ether oxygens (including phenoxy) is 1. The largest absolute Gasteiger partial charge is 0.486 e. The Morgan fingerprint density at radius 1 is 1.15 bits per heavy atom. The van der Waals surface area contributed by atoms with E-state index in [4.69, 9.17) is 9.84 Å². The molecule has 1 N–H and O–H groups in total. The first-order valence-electron chi connectivity index (χ1n) is 5.99. The summed E-state index contributed by atoms with van der Waals surface area (Å²) in [6, 6.07) is 12.4. The van der Waals surface area contributed by atoms with Gasteiger partial charge in [0.05, 0.1) is 5.56 Å². The molecule has 0 atom stereocenters. The number of benzene rings is 1. The molecule has 1 aromatic carbocycles. The van der Waals surface area contributed by atoms with Crippen molar-refractivity contribution in [3.05, 3.63) is 60.0 Å². The molecule has 0 spiro atoms. The third-order valence-corrected chi connectivity index (χ3v) is 2.83. The second kappa shape index (κ2) is 5.00. The van der Waals surface area contributed by atoms with E-state index in [9.17, 15) is 4.79 Å². The lowest BCUT2D eigenvalue weighted by Crippen LogP contribution is -2.04. The van der Waals surface area contributed by atoms with Crippen LogP contribution in [0, 0.1) is 0 Å². The van der Waals surface area contributed by atoms with Gasteiger partial charge in [0.25, 0.3) is 0 Å². The summed E-state index contributed by atoms with van der Waals surface area (Å²) >= 11 is 0. The summed E-state index contributed by atoms with van der Waals surface area (Å²) in [5.74, 6) is 0.279. The number of carboxylic acids is 1. The van der Waals surface area contributed by atoms with E-state index >= 15 is 0 Å². The highest BCUT2D eigenvalue weighted by molar-refractivity contribution is 5.87. The molecule has 3 aromatic rings. The van der Waals surface area contributed by atoms with E-state index in [1.807, 2.05) is 30.3 Å². The van der Waals surface area contributed by atoms with Gasteiger partial charge in [-0.05, 0) is 24.3 Å². The van der Waals surface area contributed by atoms with Gasteiger partial charge in [0.15, 0.2) is 11.5 Å². The number of hydrogen-bond donors (Lipinski definition) is 1. The average molecular weight is 269 g/mol. The van der Waals surface area contributed by atoms with Crippen molar-refractivity contribution in [2.24, 2.45) is 0 Å². The first-order valence-corrected chi connectivity index (χ1v) is 5.99. The second-order valence-electron chi connectivity index (χ2n) is 4.17. The van der Waals surface area contributed by atoms with E-state index < -0.39 is 5.97 Å². The van der Waals surface area contributed by atoms with Gasteiger partial charge >= 0.3 is 5.97 Å². The zero-order valence-corrected chi connectivity index (χ0v) is 10.4. The van der Waals surface area contributed by atoms with Crippen molar-refractivity contribution in [1.82, 2.24) is 14.6 Å². The third-order valence-electron chi connectivity index (χ3n) is 2.83. The highest BCUT2D eigenvalue weighted by Crippen LogP contribution is 2.12. The lowest BCUT2D eigenvalue weighted by Gasteiger charge is -2.04. The van der Waals surface area contributed by atoms with Gasteiger partial charge in [0.2, 0.25) is 0 Å². The molecule has 0 aliphatic heterocycles. The number of pyridine rings is 1. The summed E-state index contributed by atoms with van der Waals surface area (Å²) in [4.78, 5) is 11.0. The minimum atomic E-state index is -0.990. The fourth-order valence-electron chi connectivity index (χ4n) is 1.83. The summed E-state index contributed by atoms with van der Waals surface area (Å²) in [5.41, 5.74) is 0.764. The van der Waals surface area contributed by atoms with Crippen LogP contribution in [0.15, 0.2) is 48.7 Å². The Hall–Kier alpha value is -2.89. The lowest BCUT2D eigenvalue weighted by molar-refractivity contribution is 0.0696. The Balaban J connectivity index is 1.88. The third kappa shape index (κ3) is 2.31. The van der Waals surface area contributed by atoms with Crippen molar-refractivity contribution < 1.29 is 14.6 Å². The van der Waals surface area contributed by atoms with Crippen LogP contribution in [-0.2, 0) is 6.61 Å². The first kappa shape index (κ1) is 12.2. The standard InChI is InChI=1S/C14H11N3O3/c18-14(19)10-6-7-12-15-16-13(17(12)8-10)9-20-11-4-2-1-3-5-11/h1-8H,9H2,(H,18,19). The van der Waals surface area contributed by atoms with Gasteiger partial charge < -0.3 is 9.84 Å². The molecule has 0 fully saturated rings. The van der Waals surface area contributed by atoms with Crippen LogP contribution in [0.3, 0.4) is 0 Å². The summed E-state index contributed by atoms with van der Waals surface area (Å²) < 4.78 is 7.21. The van der Waals surface area contributed by atoms with Crippen molar-refractivity contribution in [2.75, 3.05) is 0 Å². The number of nitrogens with zero attached hydrogens (tertiary/aromatic N) is 3.